The van der Waals surface area contributed by atoms with Crippen molar-refractivity contribution in [2.24, 2.45) is 5.14 Å². The molecule has 0 fully saturated rings. The van der Waals surface area contributed by atoms with Crippen LogP contribution in [0.3, 0.4) is 0 Å². The van der Waals surface area contributed by atoms with E-state index in [4.69, 9.17) is 19.3 Å². The van der Waals surface area contributed by atoms with Crippen LogP contribution < -0.4 is 19.9 Å². The smallest absolute Gasteiger partial charge is 0.218 e. The van der Waals surface area contributed by atoms with Crippen molar-refractivity contribution in [1.29, 1.82) is 0 Å². The highest BCUT2D eigenvalue weighted by atomic mass is 32.2. The number of sulfonamides is 1. The summed E-state index contributed by atoms with van der Waals surface area (Å²) >= 11 is 0. The molecule has 0 saturated heterocycles. The second kappa shape index (κ2) is 9.56. The van der Waals surface area contributed by atoms with Gasteiger partial charge in [0, 0.05) is 13.2 Å². The molecule has 0 radical (unpaired) electrons. The maximum absolute atomic E-state index is 12.2. The first-order chi connectivity index (χ1) is 13.3. The molecule has 156 valence electrons. The molecule has 0 saturated carbocycles. The lowest BCUT2D eigenvalue weighted by Gasteiger charge is -2.43. The molecule has 0 aliphatic heterocycles. The van der Waals surface area contributed by atoms with Crippen LogP contribution in [0.4, 0.5) is 0 Å². The lowest BCUT2D eigenvalue weighted by atomic mass is 9.85. The van der Waals surface area contributed by atoms with E-state index >= 15 is 0 Å². The van der Waals surface area contributed by atoms with E-state index in [-0.39, 0.29) is 6.04 Å². The molecule has 0 aromatic heterocycles. The van der Waals surface area contributed by atoms with E-state index in [0.717, 1.165) is 0 Å². The van der Waals surface area contributed by atoms with Gasteiger partial charge in [-0.15, -0.1) is 0 Å². The molecule has 8 heteroatoms. The van der Waals surface area contributed by atoms with E-state index in [2.05, 4.69) is 5.32 Å². The van der Waals surface area contributed by atoms with Gasteiger partial charge >= 0.3 is 0 Å². The summed E-state index contributed by atoms with van der Waals surface area (Å²) in [4.78, 5) is 0. The maximum atomic E-state index is 12.2. The Morgan fingerprint density at radius 3 is 2.46 bits per heavy atom. The number of nitrogens with two attached hydrogens (primary N) is 1. The summed E-state index contributed by atoms with van der Waals surface area (Å²) in [5.41, 5.74) is -1.14. The van der Waals surface area contributed by atoms with E-state index in [9.17, 15) is 8.42 Å². The minimum atomic E-state index is -3.87. The van der Waals surface area contributed by atoms with Crippen LogP contribution in [-0.4, -0.2) is 45.3 Å². The van der Waals surface area contributed by atoms with Crippen molar-refractivity contribution in [3.05, 3.63) is 48.6 Å². The summed E-state index contributed by atoms with van der Waals surface area (Å²) in [6.07, 6.45) is 6.89. The van der Waals surface area contributed by atoms with Crippen LogP contribution in [0.15, 0.2) is 48.6 Å². The number of nitrogens with one attached hydrogen (secondary N) is 1. The molecular formula is C20H30N2O5S. The predicted molar refractivity (Wildman–Crippen MR) is 110 cm³/mol. The van der Waals surface area contributed by atoms with Crippen molar-refractivity contribution in [1.82, 2.24) is 5.32 Å². The molecule has 4 unspecified atom stereocenters. The van der Waals surface area contributed by atoms with Crippen LogP contribution in [0.1, 0.15) is 27.2 Å². The number of hydrogen-bond acceptors (Lipinski definition) is 6. The van der Waals surface area contributed by atoms with Gasteiger partial charge in [-0.25, -0.2) is 13.6 Å². The minimum absolute atomic E-state index is 0.365. The first-order valence-electron chi connectivity index (χ1n) is 9.35. The summed E-state index contributed by atoms with van der Waals surface area (Å²) < 4.78 is 41.8. The number of rotatable bonds is 10. The van der Waals surface area contributed by atoms with Gasteiger partial charge in [0.2, 0.25) is 10.0 Å². The summed E-state index contributed by atoms with van der Waals surface area (Å²) in [5, 5.41) is 7.83. The number of ether oxygens (including phenoxy) is 3. The van der Waals surface area contributed by atoms with Gasteiger partial charge in [0.25, 0.3) is 0 Å². The molecule has 28 heavy (non-hydrogen) atoms. The van der Waals surface area contributed by atoms with Crippen molar-refractivity contribution in [3.8, 4) is 11.5 Å². The Balaban J connectivity index is 2.24. The van der Waals surface area contributed by atoms with Crippen LogP contribution >= 0.6 is 0 Å². The Morgan fingerprint density at radius 1 is 1.21 bits per heavy atom. The third-order valence-electron chi connectivity index (χ3n) is 4.75. The molecule has 1 aromatic carbocycles. The molecule has 0 amide bonds. The van der Waals surface area contributed by atoms with Crippen molar-refractivity contribution in [2.75, 3.05) is 13.7 Å². The largest absolute Gasteiger partial charge is 0.490 e. The van der Waals surface area contributed by atoms with Crippen LogP contribution in [0.2, 0.25) is 0 Å². The number of methoxy groups -OCH3 is 1. The Hall–Kier alpha value is -1.87. The highest BCUT2D eigenvalue weighted by molar-refractivity contribution is 7.90. The second-order valence-corrected chi connectivity index (χ2v) is 8.26. The molecule has 1 aliphatic rings. The topological polar surface area (TPSA) is 99.9 Å². The van der Waals surface area contributed by atoms with Crippen molar-refractivity contribution in [2.45, 2.75) is 50.3 Å². The van der Waals surface area contributed by atoms with Crippen LogP contribution in [0, 0.1) is 0 Å². The number of benzene rings is 1. The average Bonchev–Trinajstić information content (AvgIpc) is 2.67. The molecule has 1 aliphatic carbocycles. The molecular weight excluding hydrogens is 380 g/mol. The fraction of sp³-hybridized carbons (Fsp3) is 0.500. The number of primary sulfonamides is 1. The van der Waals surface area contributed by atoms with E-state index in [1.807, 2.05) is 45.0 Å². The first-order valence-corrected chi connectivity index (χ1v) is 11.0. The molecule has 0 heterocycles. The monoisotopic (exact) mass is 410 g/mol. The summed E-state index contributed by atoms with van der Waals surface area (Å²) in [5.74, 6) is 1.25. The van der Waals surface area contributed by atoms with E-state index in [1.54, 1.807) is 24.3 Å². The van der Waals surface area contributed by atoms with Crippen LogP contribution in [0.5, 0.6) is 11.5 Å². The number of para-hydroxylation sites is 2. The van der Waals surface area contributed by atoms with Gasteiger partial charge in [-0.2, -0.15) is 0 Å². The van der Waals surface area contributed by atoms with Crippen LogP contribution in [-0.2, 0) is 14.8 Å². The van der Waals surface area contributed by atoms with E-state index < -0.39 is 27.1 Å². The Labute approximate surface area is 167 Å². The maximum Gasteiger partial charge on any atom is 0.218 e. The molecule has 2 rings (SSSR count). The highest BCUT2D eigenvalue weighted by Gasteiger charge is 2.48. The zero-order chi connectivity index (χ0) is 20.8. The highest BCUT2D eigenvalue weighted by Crippen LogP contribution is 2.33. The van der Waals surface area contributed by atoms with Crippen molar-refractivity contribution < 1.29 is 22.6 Å². The molecule has 0 bridgehead atoms. The molecule has 3 N–H and O–H groups in total. The standard InChI is InChI=1S/C20H30N2O5S/c1-5-18(20(25-4)14-10-9-13-19(20)28(21,23)24)22-15(3)27-17-12-8-7-11-16(17)26-6-2/h7-15,18-19,22H,5-6H2,1-4H3,(H2,21,23,24). The summed E-state index contributed by atoms with van der Waals surface area (Å²) in [7, 11) is -2.39. The molecule has 0 spiro atoms. The normalized spacial score (nSPS) is 24.0. The van der Waals surface area contributed by atoms with Gasteiger partial charge in [0.05, 0.1) is 6.61 Å². The Bertz CT molecular complexity index is 809. The van der Waals surface area contributed by atoms with Gasteiger partial charge in [0.1, 0.15) is 17.1 Å². The first kappa shape index (κ1) is 22.4. The van der Waals surface area contributed by atoms with Crippen LogP contribution in [0.25, 0.3) is 0 Å². The molecule has 1 aromatic rings. The lowest BCUT2D eigenvalue weighted by Crippen LogP contribution is -2.62. The van der Waals surface area contributed by atoms with Crippen molar-refractivity contribution >= 4 is 10.0 Å². The van der Waals surface area contributed by atoms with Gasteiger partial charge in [-0.05, 0) is 38.5 Å². The predicted octanol–water partition coefficient (Wildman–Crippen LogP) is 2.35. The van der Waals surface area contributed by atoms with Gasteiger partial charge in [-0.1, -0.05) is 37.3 Å². The number of hydrogen-bond donors (Lipinski definition) is 2. The quantitative estimate of drug-likeness (QED) is 0.575. The van der Waals surface area contributed by atoms with Gasteiger partial charge in [0.15, 0.2) is 11.5 Å². The molecule has 4 atom stereocenters. The zero-order valence-corrected chi connectivity index (χ0v) is 17.6. The minimum Gasteiger partial charge on any atom is -0.490 e. The Kier molecular flexibility index (Phi) is 7.65. The van der Waals surface area contributed by atoms with E-state index in [0.29, 0.717) is 24.5 Å². The second-order valence-electron chi connectivity index (χ2n) is 6.58. The van der Waals surface area contributed by atoms with Crippen molar-refractivity contribution in [3.63, 3.8) is 0 Å². The molecule has 7 nitrogen and oxygen atoms in total. The van der Waals surface area contributed by atoms with E-state index in [1.165, 1.54) is 7.11 Å². The fourth-order valence-corrected chi connectivity index (χ4v) is 4.68. The van der Waals surface area contributed by atoms with Gasteiger partial charge < -0.3 is 14.2 Å². The summed E-state index contributed by atoms with van der Waals surface area (Å²) in [6.45, 7) is 6.23. The summed E-state index contributed by atoms with van der Waals surface area (Å²) in [6, 6.07) is 7.04. The number of allylic oxidation sites excluding steroid dienone is 2. The fourth-order valence-electron chi connectivity index (χ4n) is 3.52. The zero-order valence-electron chi connectivity index (χ0n) is 16.8. The Morgan fingerprint density at radius 2 is 1.89 bits per heavy atom. The lowest BCUT2D eigenvalue weighted by molar-refractivity contribution is -0.0123. The van der Waals surface area contributed by atoms with Gasteiger partial charge in [-0.3, -0.25) is 5.32 Å². The SMILES string of the molecule is CCOc1ccccc1OC(C)NC(CC)C1(OC)C=CC=CC1S(N)(=O)=O. The third kappa shape index (κ3) is 4.94. The average molecular weight is 411 g/mol. The third-order valence-corrected chi connectivity index (χ3v) is 5.98.